The number of benzene rings is 2. The summed E-state index contributed by atoms with van der Waals surface area (Å²) in [6.07, 6.45) is 0. The van der Waals surface area contributed by atoms with Gasteiger partial charge < -0.3 is 10.6 Å². The monoisotopic (exact) mass is 393 g/mol. The summed E-state index contributed by atoms with van der Waals surface area (Å²) in [6, 6.07) is 14.0. The van der Waals surface area contributed by atoms with E-state index in [1.165, 1.54) is 0 Å². The van der Waals surface area contributed by atoms with Crippen molar-refractivity contribution in [1.29, 1.82) is 0 Å². The number of aryl methyl sites for hydroxylation is 2. The van der Waals surface area contributed by atoms with Gasteiger partial charge in [-0.25, -0.2) is 0 Å². The third kappa shape index (κ3) is 4.77. The molecule has 4 nitrogen and oxygen atoms in total. The fraction of sp³-hybridized carbons (Fsp3) is 0.350. The summed E-state index contributed by atoms with van der Waals surface area (Å²) in [4.78, 5) is 14.8. The first-order valence-electron chi connectivity index (χ1n) is 8.61. The predicted octanol–water partition coefficient (Wildman–Crippen LogP) is 3.96. The van der Waals surface area contributed by atoms with Gasteiger partial charge in [-0.3, -0.25) is 9.69 Å². The standard InChI is InChI=1S/C20H24ClN3O.ClH/c1-14-6-5-7-15(2)20(14)23-19(25)13-24-11-10-22-12-18(24)16-8-3-4-9-17(16)21;/h3-9,18,22H,10-13H2,1-2H3,(H,23,25);1H. The number of nitrogens with one attached hydrogen (secondary N) is 2. The van der Waals surface area contributed by atoms with Crippen molar-refractivity contribution in [1.82, 2.24) is 10.2 Å². The van der Waals surface area contributed by atoms with E-state index in [9.17, 15) is 4.79 Å². The Morgan fingerprint density at radius 1 is 1.19 bits per heavy atom. The van der Waals surface area contributed by atoms with E-state index in [-0.39, 0.29) is 24.4 Å². The highest BCUT2D eigenvalue weighted by Gasteiger charge is 2.27. The van der Waals surface area contributed by atoms with E-state index < -0.39 is 0 Å². The number of piperazine rings is 1. The second-order valence-corrected chi connectivity index (χ2v) is 6.93. The summed E-state index contributed by atoms with van der Waals surface area (Å²) in [5.74, 6) is 0.0105. The van der Waals surface area contributed by atoms with Gasteiger partial charge >= 0.3 is 0 Å². The lowest BCUT2D eigenvalue weighted by molar-refractivity contribution is -0.118. The van der Waals surface area contributed by atoms with Gasteiger partial charge in [-0.05, 0) is 36.6 Å². The van der Waals surface area contributed by atoms with Gasteiger partial charge in [-0.1, -0.05) is 48.0 Å². The molecular weight excluding hydrogens is 369 g/mol. The first-order valence-corrected chi connectivity index (χ1v) is 8.99. The maximum Gasteiger partial charge on any atom is 0.238 e. The van der Waals surface area contributed by atoms with E-state index in [4.69, 9.17) is 11.6 Å². The van der Waals surface area contributed by atoms with Gasteiger partial charge in [0.2, 0.25) is 5.91 Å². The van der Waals surface area contributed by atoms with Crippen LogP contribution in [0.1, 0.15) is 22.7 Å². The lowest BCUT2D eigenvalue weighted by Gasteiger charge is -2.36. The van der Waals surface area contributed by atoms with Crippen LogP contribution < -0.4 is 10.6 Å². The molecule has 1 aliphatic heterocycles. The number of halogens is 2. The summed E-state index contributed by atoms with van der Waals surface area (Å²) in [5.41, 5.74) is 4.14. The topological polar surface area (TPSA) is 44.4 Å². The van der Waals surface area contributed by atoms with Crippen molar-refractivity contribution in [3.8, 4) is 0 Å². The number of anilines is 1. The summed E-state index contributed by atoms with van der Waals surface area (Å²) < 4.78 is 0. The van der Waals surface area contributed by atoms with E-state index in [1.807, 2.05) is 56.3 Å². The number of hydrogen-bond donors (Lipinski definition) is 2. The molecule has 0 aliphatic carbocycles. The second-order valence-electron chi connectivity index (χ2n) is 6.53. The molecular formula is C20H25Cl2N3O. The fourth-order valence-electron chi connectivity index (χ4n) is 3.36. The maximum atomic E-state index is 12.6. The quantitative estimate of drug-likeness (QED) is 0.825. The molecule has 0 aromatic heterocycles. The molecule has 1 atom stereocenters. The molecule has 2 N–H and O–H groups in total. The van der Waals surface area contributed by atoms with Crippen LogP contribution in [0.4, 0.5) is 5.69 Å². The van der Waals surface area contributed by atoms with Gasteiger partial charge in [-0.15, -0.1) is 12.4 Å². The molecule has 26 heavy (non-hydrogen) atoms. The molecule has 0 radical (unpaired) electrons. The van der Waals surface area contributed by atoms with Crippen LogP contribution in [-0.2, 0) is 4.79 Å². The predicted molar refractivity (Wildman–Crippen MR) is 110 cm³/mol. The van der Waals surface area contributed by atoms with Gasteiger partial charge in [-0.2, -0.15) is 0 Å². The Morgan fingerprint density at radius 2 is 1.88 bits per heavy atom. The van der Waals surface area contributed by atoms with Crippen molar-refractivity contribution in [2.24, 2.45) is 0 Å². The minimum atomic E-state index is 0. The number of amides is 1. The molecule has 2 aromatic carbocycles. The van der Waals surface area contributed by atoms with E-state index in [0.29, 0.717) is 6.54 Å². The Labute approximate surface area is 166 Å². The molecule has 140 valence electrons. The van der Waals surface area contributed by atoms with Gasteiger partial charge in [0.15, 0.2) is 0 Å². The first kappa shape index (κ1) is 20.7. The van der Waals surface area contributed by atoms with Crippen molar-refractivity contribution in [2.45, 2.75) is 19.9 Å². The Bertz CT molecular complexity index is 746. The van der Waals surface area contributed by atoms with Gasteiger partial charge in [0.25, 0.3) is 0 Å². The van der Waals surface area contributed by atoms with Crippen LogP contribution in [-0.4, -0.2) is 37.0 Å². The highest BCUT2D eigenvalue weighted by Crippen LogP contribution is 2.28. The summed E-state index contributed by atoms with van der Waals surface area (Å²) in [7, 11) is 0. The molecule has 3 rings (SSSR count). The number of rotatable bonds is 4. The van der Waals surface area contributed by atoms with E-state index in [1.54, 1.807) is 0 Å². The van der Waals surface area contributed by atoms with Crippen LogP contribution in [0.25, 0.3) is 0 Å². The Balaban J connectivity index is 0.00000243. The van der Waals surface area contributed by atoms with E-state index in [2.05, 4.69) is 15.5 Å². The third-order valence-corrected chi connectivity index (χ3v) is 5.05. The number of hydrogen-bond acceptors (Lipinski definition) is 3. The highest BCUT2D eigenvalue weighted by atomic mass is 35.5. The Hall–Kier alpha value is -1.59. The summed E-state index contributed by atoms with van der Waals surface area (Å²) in [5, 5.41) is 7.22. The van der Waals surface area contributed by atoms with Crippen LogP contribution in [0.5, 0.6) is 0 Å². The molecule has 0 saturated carbocycles. The summed E-state index contributed by atoms with van der Waals surface area (Å²) >= 11 is 6.38. The third-order valence-electron chi connectivity index (χ3n) is 4.71. The highest BCUT2D eigenvalue weighted by molar-refractivity contribution is 6.31. The number of para-hydroxylation sites is 1. The SMILES string of the molecule is Cc1cccc(C)c1NC(=O)CN1CCNCC1c1ccccc1Cl.Cl. The molecule has 6 heteroatoms. The van der Waals surface area contributed by atoms with Gasteiger partial charge in [0.1, 0.15) is 0 Å². The molecule has 1 saturated heterocycles. The minimum Gasteiger partial charge on any atom is -0.324 e. The average Bonchev–Trinajstić information content (AvgIpc) is 2.59. The van der Waals surface area contributed by atoms with Crippen molar-refractivity contribution in [3.05, 3.63) is 64.2 Å². The van der Waals surface area contributed by atoms with Crippen molar-refractivity contribution in [3.63, 3.8) is 0 Å². The maximum absolute atomic E-state index is 12.6. The van der Waals surface area contributed by atoms with Crippen molar-refractivity contribution >= 4 is 35.6 Å². The molecule has 1 amide bonds. The van der Waals surface area contributed by atoms with Crippen LogP contribution >= 0.6 is 24.0 Å². The zero-order valence-corrected chi connectivity index (χ0v) is 16.7. The summed E-state index contributed by atoms with van der Waals surface area (Å²) in [6.45, 7) is 6.86. The van der Waals surface area contributed by atoms with Crippen LogP contribution in [0.15, 0.2) is 42.5 Å². The number of carbonyl (C=O) groups excluding carboxylic acids is 1. The molecule has 0 spiro atoms. The van der Waals surface area contributed by atoms with Crippen molar-refractivity contribution in [2.75, 3.05) is 31.5 Å². The Morgan fingerprint density at radius 3 is 2.58 bits per heavy atom. The molecule has 1 aliphatic rings. The normalized spacial score (nSPS) is 17.4. The molecule has 1 unspecified atom stereocenters. The zero-order chi connectivity index (χ0) is 17.8. The van der Waals surface area contributed by atoms with Crippen LogP contribution in [0, 0.1) is 13.8 Å². The minimum absolute atomic E-state index is 0. The largest absolute Gasteiger partial charge is 0.324 e. The van der Waals surface area contributed by atoms with Crippen LogP contribution in [0.3, 0.4) is 0 Å². The van der Waals surface area contributed by atoms with Crippen molar-refractivity contribution < 1.29 is 4.79 Å². The Kier molecular flexibility index (Phi) is 7.47. The second kappa shape index (κ2) is 9.38. The molecule has 0 bridgehead atoms. The molecule has 1 fully saturated rings. The number of carbonyl (C=O) groups is 1. The lowest BCUT2D eigenvalue weighted by atomic mass is 10.0. The molecule has 1 heterocycles. The molecule has 2 aromatic rings. The van der Waals surface area contributed by atoms with E-state index in [0.717, 1.165) is 47.0 Å². The van der Waals surface area contributed by atoms with Crippen LogP contribution in [0.2, 0.25) is 5.02 Å². The fourth-order valence-corrected chi connectivity index (χ4v) is 3.62. The average molecular weight is 394 g/mol. The van der Waals surface area contributed by atoms with Gasteiger partial charge in [0.05, 0.1) is 6.54 Å². The number of nitrogens with zero attached hydrogens (tertiary/aromatic N) is 1. The first-order chi connectivity index (χ1) is 12.1. The van der Waals surface area contributed by atoms with E-state index >= 15 is 0 Å². The van der Waals surface area contributed by atoms with Gasteiger partial charge in [0, 0.05) is 36.4 Å². The lowest BCUT2D eigenvalue weighted by Crippen LogP contribution is -2.48. The smallest absolute Gasteiger partial charge is 0.238 e. The zero-order valence-electron chi connectivity index (χ0n) is 15.1.